The summed E-state index contributed by atoms with van der Waals surface area (Å²) in [5.41, 5.74) is 6.95. The van der Waals surface area contributed by atoms with E-state index in [1.807, 2.05) is 6.20 Å². The van der Waals surface area contributed by atoms with Crippen molar-refractivity contribution in [3.05, 3.63) is 223 Å². The van der Waals surface area contributed by atoms with Crippen LogP contribution in [0.5, 0.6) is 0 Å². The van der Waals surface area contributed by atoms with Gasteiger partial charge in [0.15, 0.2) is 16.1 Å². The van der Waals surface area contributed by atoms with Crippen LogP contribution >= 0.6 is 0 Å². The van der Waals surface area contributed by atoms with Crippen LogP contribution in [0.3, 0.4) is 0 Å². The zero-order chi connectivity index (χ0) is 32.5. The molecule has 0 saturated carbocycles. The molecule has 3 heteroatoms. The van der Waals surface area contributed by atoms with Gasteiger partial charge in [0, 0.05) is 6.20 Å². The molecule has 0 amide bonds. The molecule has 0 N–H and O–H groups in total. The summed E-state index contributed by atoms with van der Waals surface area (Å²) in [6.07, 6.45) is 6.51. The lowest BCUT2D eigenvalue weighted by Crippen LogP contribution is -2.66. The average Bonchev–Trinajstić information content (AvgIpc) is 3.18. The summed E-state index contributed by atoms with van der Waals surface area (Å²) in [5, 5.41) is 8.12. The lowest BCUT2D eigenvalue weighted by atomic mass is 10.2. The van der Waals surface area contributed by atoms with Crippen LogP contribution in [0.2, 0.25) is 0 Å². The Hall–Kier alpha value is -5.62. The maximum Gasteiger partial charge on any atom is 0.172 e. The van der Waals surface area contributed by atoms with E-state index in [1.165, 1.54) is 31.1 Å². The van der Waals surface area contributed by atoms with E-state index in [4.69, 9.17) is 4.98 Å². The molecule has 0 spiro atoms. The molecule has 6 aromatic carbocycles. The topological polar surface area (TPSA) is 12.9 Å². The first-order valence-electron chi connectivity index (χ1n) is 16.5. The Bertz CT molecular complexity index is 1730. The molecule has 0 aliphatic carbocycles. The highest BCUT2D eigenvalue weighted by atomic mass is 28.3. The van der Waals surface area contributed by atoms with Crippen molar-refractivity contribution in [1.29, 1.82) is 0 Å². The maximum absolute atomic E-state index is 4.98. The minimum atomic E-state index is -2.50. The Kier molecular flexibility index (Phi) is 9.32. The molecule has 1 aromatic heterocycles. The number of benzene rings is 6. The number of nitrogens with zero attached hydrogens (tertiary/aromatic N) is 1. The van der Waals surface area contributed by atoms with Crippen molar-refractivity contribution in [3.8, 4) is 0 Å². The minimum absolute atomic E-state index is 0.949. The molecule has 7 aromatic rings. The van der Waals surface area contributed by atoms with Gasteiger partial charge in [-0.25, -0.2) is 0 Å². The van der Waals surface area contributed by atoms with Gasteiger partial charge in [-0.2, -0.15) is 0 Å². The van der Waals surface area contributed by atoms with Crippen LogP contribution in [0, 0.1) is 0 Å². The molecule has 0 unspecified atom stereocenters. The number of aromatic nitrogens is 1. The van der Waals surface area contributed by atoms with Crippen molar-refractivity contribution in [3.63, 3.8) is 0 Å². The van der Waals surface area contributed by atoms with Crippen LogP contribution in [0.4, 0.5) is 0 Å². The van der Waals surface area contributed by atoms with Crippen LogP contribution in [-0.2, 0) is 0 Å². The Balaban J connectivity index is 1.29. The van der Waals surface area contributed by atoms with Crippen molar-refractivity contribution in [2.45, 2.75) is 0 Å². The Morgan fingerprint density at radius 2 is 0.604 bits per heavy atom. The van der Waals surface area contributed by atoms with Gasteiger partial charge in [-0.15, -0.1) is 0 Å². The molecule has 230 valence electrons. The standard InChI is InChI=1S/C45H37NSi2/c1-7-19-40(20-8-1)47(41-21-9-2-10-22-41,42-23-11-3-12-24-42)35-33-38-31-32-39(46-37-38)34-36-48(43-25-13-4-14-26-43,44-27-15-5-16-28-44)45-29-17-6-18-30-45/h1-37H. The van der Waals surface area contributed by atoms with Gasteiger partial charge in [0.1, 0.15) is 0 Å². The molecular formula is C45H37NSi2. The normalized spacial score (nSPS) is 12.0. The van der Waals surface area contributed by atoms with Crippen molar-refractivity contribution >= 4 is 59.4 Å². The zero-order valence-corrected chi connectivity index (χ0v) is 28.8. The highest BCUT2D eigenvalue weighted by Crippen LogP contribution is 2.15. The SMILES string of the molecule is C(=C[Si](c1ccccc1)(c1ccccc1)c1ccccc1)c1ccc(C=C[Si](c2ccccc2)(c2ccccc2)c2ccccc2)nc1. The number of hydrogen-bond donors (Lipinski definition) is 0. The lowest BCUT2D eigenvalue weighted by molar-refractivity contribution is 1.29. The van der Waals surface area contributed by atoms with Crippen molar-refractivity contribution in [1.82, 2.24) is 4.98 Å². The predicted octanol–water partition coefficient (Wildman–Crippen LogP) is 6.53. The van der Waals surface area contributed by atoms with E-state index in [0.29, 0.717) is 0 Å². The van der Waals surface area contributed by atoms with Crippen LogP contribution in [0.15, 0.2) is 212 Å². The third-order valence-electron chi connectivity index (χ3n) is 9.21. The van der Waals surface area contributed by atoms with Gasteiger partial charge in [-0.3, -0.25) is 4.98 Å². The van der Waals surface area contributed by atoms with Crippen molar-refractivity contribution < 1.29 is 0 Å². The lowest BCUT2D eigenvalue weighted by Gasteiger charge is -2.31. The fourth-order valence-electron chi connectivity index (χ4n) is 6.83. The number of pyridine rings is 1. The Morgan fingerprint density at radius 1 is 0.312 bits per heavy atom. The molecule has 1 nitrogen and oxygen atoms in total. The van der Waals surface area contributed by atoms with Crippen LogP contribution < -0.4 is 31.1 Å². The monoisotopic (exact) mass is 647 g/mol. The number of hydrogen-bond acceptors (Lipinski definition) is 1. The number of rotatable bonds is 10. The summed E-state index contributed by atoms with van der Waals surface area (Å²) in [4.78, 5) is 4.98. The first-order chi connectivity index (χ1) is 23.8. The second-order valence-electron chi connectivity index (χ2n) is 12.0. The fraction of sp³-hybridized carbons (Fsp3) is 0. The van der Waals surface area contributed by atoms with Gasteiger partial charge in [-0.1, -0.05) is 206 Å². The first kappa shape index (κ1) is 31.0. The van der Waals surface area contributed by atoms with Crippen molar-refractivity contribution in [2.75, 3.05) is 0 Å². The second-order valence-corrected chi connectivity index (χ2v) is 19.4. The van der Waals surface area contributed by atoms with Crippen LogP contribution in [0.1, 0.15) is 11.3 Å². The molecule has 0 saturated heterocycles. The molecule has 0 aliphatic rings. The van der Waals surface area contributed by atoms with E-state index >= 15 is 0 Å². The molecule has 0 radical (unpaired) electrons. The molecular weight excluding hydrogens is 611 g/mol. The summed E-state index contributed by atoms with van der Waals surface area (Å²) in [7, 11) is -4.99. The van der Waals surface area contributed by atoms with Gasteiger partial charge in [0.2, 0.25) is 0 Å². The van der Waals surface area contributed by atoms with E-state index < -0.39 is 16.1 Å². The average molecular weight is 648 g/mol. The van der Waals surface area contributed by atoms with E-state index in [-0.39, 0.29) is 0 Å². The van der Waals surface area contributed by atoms with Gasteiger partial charge in [-0.05, 0) is 48.8 Å². The Morgan fingerprint density at radius 3 is 0.875 bits per heavy atom. The van der Waals surface area contributed by atoms with E-state index in [9.17, 15) is 0 Å². The molecule has 48 heavy (non-hydrogen) atoms. The smallest absolute Gasteiger partial charge is 0.172 e. The first-order valence-corrected chi connectivity index (χ1v) is 20.6. The summed E-state index contributed by atoms with van der Waals surface area (Å²) < 4.78 is 0. The van der Waals surface area contributed by atoms with Crippen LogP contribution in [0.25, 0.3) is 12.2 Å². The summed E-state index contributed by atoms with van der Waals surface area (Å²) in [6, 6.07) is 70.2. The minimum Gasteiger partial charge on any atom is -0.256 e. The van der Waals surface area contributed by atoms with Crippen molar-refractivity contribution in [2.24, 2.45) is 0 Å². The third kappa shape index (κ3) is 6.22. The summed E-state index contributed by atoms with van der Waals surface area (Å²) in [6.45, 7) is 0. The second kappa shape index (κ2) is 14.4. The summed E-state index contributed by atoms with van der Waals surface area (Å²) in [5.74, 6) is 0. The Labute approximate surface area is 286 Å². The predicted molar refractivity (Wildman–Crippen MR) is 210 cm³/mol. The maximum atomic E-state index is 4.98. The molecule has 0 bridgehead atoms. The molecule has 0 atom stereocenters. The highest BCUT2D eigenvalue weighted by Gasteiger charge is 2.38. The molecule has 7 rings (SSSR count). The van der Waals surface area contributed by atoms with E-state index in [0.717, 1.165) is 11.3 Å². The summed E-state index contributed by atoms with van der Waals surface area (Å²) >= 11 is 0. The van der Waals surface area contributed by atoms with Gasteiger partial charge in [0.25, 0.3) is 0 Å². The van der Waals surface area contributed by atoms with Gasteiger partial charge in [0.05, 0.1) is 5.69 Å². The van der Waals surface area contributed by atoms with Gasteiger partial charge >= 0.3 is 0 Å². The zero-order valence-electron chi connectivity index (χ0n) is 26.8. The highest BCUT2D eigenvalue weighted by molar-refractivity contribution is 7.15. The quantitative estimate of drug-likeness (QED) is 0.122. The third-order valence-corrected chi connectivity index (χ3v) is 18.0. The fourth-order valence-corrected chi connectivity index (χ4v) is 15.2. The molecule has 0 fully saturated rings. The van der Waals surface area contributed by atoms with E-state index in [2.05, 4.69) is 218 Å². The van der Waals surface area contributed by atoms with E-state index in [1.54, 1.807) is 0 Å². The molecule has 1 heterocycles. The van der Waals surface area contributed by atoms with Gasteiger partial charge < -0.3 is 0 Å². The molecule has 0 aliphatic heterocycles. The van der Waals surface area contributed by atoms with Crippen LogP contribution in [-0.4, -0.2) is 21.1 Å². The largest absolute Gasteiger partial charge is 0.256 e.